The number of aliphatic imine (C=N–C) groups is 1. The van der Waals surface area contributed by atoms with E-state index in [0.29, 0.717) is 18.1 Å². The maximum Gasteiger partial charge on any atom is 0.275 e. The minimum atomic E-state index is -0.196. The number of nitrogens with zero attached hydrogens (tertiary/aromatic N) is 1. The molecule has 0 aliphatic carbocycles. The summed E-state index contributed by atoms with van der Waals surface area (Å²) in [5, 5.41) is 2.81. The Morgan fingerprint density at radius 2 is 1.52 bits per heavy atom. The van der Waals surface area contributed by atoms with Gasteiger partial charge in [-0.2, -0.15) is 0 Å². The predicted octanol–water partition coefficient (Wildman–Crippen LogP) is 4.18. The maximum absolute atomic E-state index is 12.2. The third kappa shape index (κ3) is 4.12. The lowest BCUT2D eigenvalue weighted by atomic mass is 10.2. The molecule has 3 aromatic rings. The number of ether oxygens (including phenoxy) is 1. The minimum Gasteiger partial charge on any atom is -0.489 e. The first-order valence-corrected chi connectivity index (χ1v) is 8.72. The van der Waals surface area contributed by atoms with Gasteiger partial charge in [0, 0.05) is 5.56 Å². The Hall–Kier alpha value is -3.66. The Morgan fingerprint density at radius 1 is 0.852 bits per heavy atom. The molecule has 0 bridgehead atoms. The molecule has 4 nitrogen and oxygen atoms in total. The van der Waals surface area contributed by atoms with Gasteiger partial charge in [-0.25, -0.2) is 4.99 Å². The van der Waals surface area contributed by atoms with Crippen molar-refractivity contribution in [2.24, 2.45) is 4.99 Å². The standard InChI is InChI=1S/C23H18N2O2/c26-23-21(24-22(25-23)19-9-5-2-6-10-19)15-17-11-13-20(14-12-17)27-16-18-7-3-1-4-8-18/h1-15H,16H2,(H,24,25,26)/b21-15+. The highest BCUT2D eigenvalue weighted by Crippen LogP contribution is 2.18. The van der Waals surface area contributed by atoms with Gasteiger partial charge in [-0.05, 0) is 29.3 Å². The van der Waals surface area contributed by atoms with E-state index in [0.717, 1.165) is 22.4 Å². The van der Waals surface area contributed by atoms with Gasteiger partial charge in [0.15, 0.2) is 0 Å². The number of benzene rings is 3. The van der Waals surface area contributed by atoms with Gasteiger partial charge in [0.2, 0.25) is 0 Å². The zero-order chi connectivity index (χ0) is 18.5. The summed E-state index contributed by atoms with van der Waals surface area (Å²) < 4.78 is 5.79. The van der Waals surface area contributed by atoms with E-state index in [4.69, 9.17) is 4.74 Å². The van der Waals surface area contributed by atoms with Crippen LogP contribution >= 0.6 is 0 Å². The maximum atomic E-state index is 12.2. The highest BCUT2D eigenvalue weighted by atomic mass is 16.5. The van der Waals surface area contributed by atoms with Crippen molar-refractivity contribution in [3.63, 3.8) is 0 Å². The van der Waals surface area contributed by atoms with Crippen LogP contribution < -0.4 is 10.1 Å². The van der Waals surface area contributed by atoms with Crippen LogP contribution in [0.2, 0.25) is 0 Å². The lowest BCUT2D eigenvalue weighted by molar-refractivity contribution is -0.115. The molecule has 0 saturated carbocycles. The number of carbonyl (C=O) groups is 1. The Morgan fingerprint density at radius 3 is 2.22 bits per heavy atom. The lowest BCUT2D eigenvalue weighted by Gasteiger charge is -2.06. The van der Waals surface area contributed by atoms with Crippen molar-refractivity contribution >= 4 is 17.8 Å². The zero-order valence-electron chi connectivity index (χ0n) is 14.6. The first kappa shape index (κ1) is 16.8. The monoisotopic (exact) mass is 354 g/mol. The van der Waals surface area contributed by atoms with Crippen LogP contribution in [0.3, 0.4) is 0 Å². The third-order valence-electron chi connectivity index (χ3n) is 4.18. The smallest absolute Gasteiger partial charge is 0.275 e. The van der Waals surface area contributed by atoms with Crippen LogP contribution in [-0.4, -0.2) is 11.7 Å². The second-order valence-electron chi connectivity index (χ2n) is 6.15. The minimum absolute atomic E-state index is 0.196. The molecule has 4 rings (SSSR count). The van der Waals surface area contributed by atoms with Gasteiger partial charge in [0.1, 0.15) is 23.9 Å². The highest BCUT2D eigenvalue weighted by Gasteiger charge is 2.20. The van der Waals surface area contributed by atoms with E-state index in [1.807, 2.05) is 84.9 Å². The molecular formula is C23H18N2O2. The summed E-state index contributed by atoms with van der Waals surface area (Å²) in [5.74, 6) is 1.17. The lowest BCUT2D eigenvalue weighted by Crippen LogP contribution is -2.24. The van der Waals surface area contributed by atoms with Crippen molar-refractivity contribution in [1.29, 1.82) is 0 Å². The summed E-state index contributed by atoms with van der Waals surface area (Å²) in [4.78, 5) is 16.6. The summed E-state index contributed by atoms with van der Waals surface area (Å²) >= 11 is 0. The van der Waals surface area contributed by atoms with Crippen LogP contribution in [0.1, 0.15) is 16.7 Å². The van der Waals surface area contributed by atoms with Crippen LogP contribution in [0, 0.1) is 0 Å². The molecular weight excluding hydrogens is 336 g/mol. The molecule has 1 aliphatic heterocycles. The fraction of sp³-hybridized carbons (Fsp3) is 0.0435. The Balaban J connectivity index is 1.46. The summed E-state index contributed by atoms with van der Waals surface area (Å²) in [6, 6.07) is 27.2. The number of amidine groups is 1. The first-order valence-electron chi connectivity index (χ1n) is 8.72. The van der Waals surface area contributed by atoms with Crippen molar-refractivity contribution < 1.29 is 9.53 Å². The van der Waals surface area contributed by atoms with Gasteiger partial charge < -0.3 is 10.1 Å². The molecule has 0 unspecified atom stereocenters. The van der Waals surface area contributed by atoms with Gasteiger partial charge in [-0.1, -0.05) is 72.8 Å². The Kier molecular flexibility index (Phi) is 4.79. The molecule has 0 atom stereocenters. The van der Waals surface area contributed by atoms with Crippen LogP contribution in [0.4, 0.5) is 0 Å². The van der Waals surface area contributed by atoms with E-state index in [9.17, 15) is 4.79 Å². The molecule has 1 aliphatic rings. The third-order valence-corrected chi connectivity index (χ3v) is 4.18. The first-order chi connectivity index (χ1) is 13.3. The average molecular weight is 354 g/mol. The Labute approximate surface area is 157 Å². The summed E-state index contributed by atoms with van der Waals surface area (Å²) in [6.07, 6.45) is 1.77. The van der Waals surface area contributed by atoms with Crippen LogP contribution in [-0.2, 0) is 11.4 Å². The molecule has 0 radical (unpaired) electrons. The summed E-state index contributed by atoms with van der Waals surface area (Å²) in [5.41, 5.74) is 3.30. The normalized spacial score (nSPS) is 14.7. The van der Waals surface area contributed by atoms with Crippen molar-refractivity contribution in [3.8, 4) is 5.75 Å². The second-order valence-corrected chi connectivity index (χ2v) is 6.15. The average Bonchev–Trinajstić information content (AvgIpc) is 3.09. The molecule has 0 spiro atoms. The van der Waals surface area contributed by atoms with Gasteiger partial charge in [-0.15, -0.1) is 0 Å². The fourth-order valence-corrected chi connectivity index (χ4v) is 2.76. The molecule has 1 heterocycles. The van der Waals surface area contributed by atoms with Gasteiger partial charge in [-0.3, -0.25) is 4.79 Å². The van der Waals surface area contributed by atoms with E-state index in [2.05, 4.69) is 10.3 Å². The number of carbonyl (C=O) groups excluding carboxylic acids is 1. The van der Waals surface area contributed by atoms with Gasteiger partial charge in [0.05, 0.1) is 0 Å². The molecule has 0 aromatic heterocycles. The molecule has 4 heteroatoms. The van der Waals surface area contributed by atoms with Crippen LogP contribution in [0.15, 0.2) is 95.6 Å². The molecule has 3 aromatic carbocycles. The second kappa shape index (κ2) is 7.70. The molecule has 132 valence electrons. The van der Waals surface area contributed by atoms with Crippen molar-refractivity contribution in [1.82, 2.24) is 5.32 Å². The molecule has 1 amide bonds. The largest absolute Gasteiger partial charge is 0.489 e. The fourth-order valence-electron chi connectivity index (χ4n) is 2.76. The number of hydrogen-bond donors (Lipinski definition) is 1. The summed E-state index contributed by atoms with van der Waals surface area (Å²) in [7, 11) is 0. The number of nitrogens with one attached hydrogen (secondary N) is 1. The van der Waals surface area contributed by atoms with Gasteiger partial charge >= 0.3 is 0 Å². The quantitative estimate of drug-likeness (QED) is 0.699. The predicted molar refractivity (Wildman–Crippen MR) is 106 cm³/mol. The zero-order valence-corrected chi connectivity index (χ0v) is 14.6. The SMILES string of the molecule is O=C1NC(c2ccccc2)=N/C1=C/c1ccc(OCc2ccccc2)cc1. The van der Waals surface area contributed by atoms with Crippen molar-refractivity contribution in [2.45, 2.75) is 6.61 Å². The van der Waals surface area contributed by atoms with Crippen molar-refractivity contribution in [3.05, 3.63) is 107 Å². The van der Waals surface area contributed by atoms with Gasteiger partial charge in [0.25, 0.3) is 5.91 Å². The van der Waals surface area contributed by atoms with E-state index in [1.165, 1.54) is 0 Å². The van der Waals surface area contributed by atoms with Crippen LogP contribution in [0.25, 0.3) is 6.08 Å². The van der Waals surface area contributed by atoms with E-state index in [1.54, 1.807) is 6.08 Å². The van der Waals surface area contributed by atoms with Crippen molar-refractivity contribution in [2.75, 3.05) is 0 Å². The molecule has 1 N–H and O–H groups in total. The molecule has 0 fully saturated rings. The van der Waals surface area contributed by atoms with Crippen LogP contribution in [0.5, 0.6) is 5.75 Å². The molecule has 0 saturated heterocycles. The summed E-state index contributed by atoms with van der Waals surface area (Å²) in [6.45, 7) is 0.522. The van der Waals surface area contributed by atoms with E-state index >= 15 is 0 Å². The molecule has 27 heavy (non-hydrogen) atoms. The Bertz CT molecular complexity index is 992. The highest BCUT2D eigenvalue weighted by molar-refractivity contribution is 6.19. The van der Waals surface area contributed by atoms with E-state index in [-0.39, 0.29) is 5.91 Å². The topological polar surface area (TPSA) is 50.7 Å². The number of rotatable bonds is 5. The number of amides is 1. The number of hydrogen-bond acceptors (Lipinski definition) is 3. The van der Waals surface area contributed by atoms with E-state index < -0.39 is 0 Å².